The first-order valence-corrected chi connectivity index (χ1v) is 8.41. The highest BCUT2D eigenvalue weighted by Gasteiger charge is 2.20. The summed E-state index contributed by atoms with van der Waals surface area (Å²) in [6.07, 6.45) is 3.45. The Hall–Kier alpha value is -3.41. The number of nitrogens with one attached hydrogen (secondary N) is 1. The fourth-order valence-corrected chi connectivity index (χ4v) is 2.76. The zero-order valence-corrected chi connectivity index (χ0v) is 14.6. The van der Waals surface area contributed by atoms with Crippen molar-refractivity contribution in [2.75, 3.05) is 6.61 Å². The monoisotopic (exact) mass is 346 g/mol. The first kappa shape index (κ1) is 16.1. The van der Waals surface area contributed by atoms with Crippen LogP contribution in [0.1, 0.15) is 29.6 Å². The maximum atomic E-state index is 5.80. The number of furan rings is 1. The molecular formula is C20H18N4O2. The van der Waals surface area contributed by atoms with Crippen LogP contribution in [0.15, 0.2) is 69.4 Å². The molecule has 2 aromatic heterocycles. The molecular weight excluding hydrogens is 328 g/mol. The molecule has 0 bridgehead atoms. The van der Waals surface area contributed by atoms with Crippen molar-refractivity contribution in [1.82, 2.24) is 10.4 Å². The second-order valence-corrected chi connectivity index (χ2v) is 5.79. The lowest BCUT2D eigenvalue weighted by molar-refractivity contribution is 0.340. The number of hydrazone groups is 1. The summed E-state index contributed by atoms with van der Waals surface area (Å²) in [5.41, 5.74) is 6.29. The van der Waals surface area contributed by atoms with E-state index in [0.29, 0.717) is 23.9 Å². The largest absolute Gasteiger partial charge is 0.494 e. The van der Waals surface area contributed by atoms with E-state index in [4.69, 9.17) is 14.1 Å². The van der Waals surface area contributed by atoms with Crippen LogP contribution in [0, 0.1) is 6.92 Å². The van der Waals surface area contributed by atoms with Crippen LogP contribution >= 0.6 is 0 Å². The Labute approximate surface area is 151 Å². The van der Waals surface area contributed by atoms with Crippen LogP contribution in [0.25, 0.3) is 0 Å². The molecule has 1 aromatic carbocycles. The highest BCUT2D eigenvalue weighted by Crippen LogP contribution is 2.30. The van der Waals surface area contributed by atoms with Crippen molar-refractivity contribution in [3.63, 3.8) is 0 Å². The topological polar surface area (TPSA) is 72.0 Å². The van der Waals surface area contributed by atoms with Gasteiger partial charge in [-0.15, -0.1) is 0 Å². The van der Waals surface area contributed by atoms with Crippen molar-refractivity contribution >= 4 is 17.2 Å². The average molecular weight is 346 g/mol. The Morgan fingerprint density at radius 1 is 1.08 bits per heavy atom. The number of amidine groups is 1. The minimum atomic E-state index is 0.592. The smallest absolute Gasteiger partial charge is 0.155 e. The number of fused-ring (bicyclic) bond motifs is 1. The number of hydrogen-bond acceptors (Lipinski definition) is 6. The number of benzene rings is 1. The molecule has 0 saturated heterocycles. The Balaban J connectivity index is 1.86. The predicted octanol–water partition coefficient (Wildman–Crippen LogP) is 3.82. The Kier molecular flexibility index (Phi) is 4.23. The Bertz CT molecular complexity index is 990. The third-order valence-corrected chi connectivity index (χ3v) is 3.97. The quantitative estimate of drug-likeness (QED) is 0.779. The van der Waals surface area contributed by atoms with Gasteiger partial charge in [-0.3, -0.25) is 10.4 Å². The van der Waals surface area contributed by atoms with Gasteiger partial charge in [0.2, 0.25) is 0 Å². The standard InChI is InChI=1S/C20H18N4O2/c1-3-25-15-5-6-17-16(12-15)19(18-7-4-13(2)26-18)23-24-20(22-17)14-8-10-21-11-9-14/h4-12H,3H2,1-2H3,(H,22,24). The molecule has 6 nitrogen and oxygen atoms in total. The van der Waals surface area contributed by atoms with Crippen LogP contribution in [0.4, 0.5) is 5.69 Å². The molecule has 0 spiro atoms. The number of aromatic nitrogens is 1. The molecule has 0 amide bonds. The lowest BCUT2D eigenvalue weighted by atomic mass is 10.1. The van der Waals surface area contributed by atoms with Gasteiger partial charge in [0.05, 0.1) is 12.3 Å². The molecule has 6 heteroatoms. The number of aliphatic imine (C=N–C) groups is 1. The third kappa shape index (κ3) is 3.09. The molecule has 0 radical (unpaired) electrons. The fourth-order valence-electron chi connectivity index (χ4n) is 2.76. The summed E-state index contributed by atoms with van der Waals surface area (Å²) in [4.78, 5) is 8.81. The number of pyridine rings is 1. The van der Waals surface area contributed by atoms with Crippen LogP contribution in [0.2, 0.25) is 0 Å². The van der Waals surface area contributed by atoms with Crippen molar-refractivity contribution in [2.24, 2.45) is 10.1 Å². The zero-order chi connectivity index (χ0) is 17.9. The maximum absolute atomic E-state index is 5.80. The van der Waals surface area contributed by atoms with Gasteiger partial charge >= 0.3 is 0 Å². The summed E-state index contributed by atoms with van der Waals surface area (Å²) in [7, 11) is 0. The van der Waals surface area contributed by atoms with Gasteiger partial charge < -0.3 is 9.15 Å². The van der Waals surface area contributed by atoms with E-state index >= 15 is 0 Å². The zero-order valence-electron chi connectivity index (χ0n) is 14.6. The molecule has 0 saturated carbocycles. The second kappa shape index (κ2) is 6.84. The number of aryl methyl sites for hydroxylation is 1. The molecule has 4 rings (SSSR count). The normalized spacial score (nSPS) is 13.2. The summed E-state index contributed by atoms with van der Waals surface area (Å²) in [5.74, 6) is 2.92. The summed E-state index contributed by atoms with van der Waals surface area (Å²) in [6, 6.07) is 13.4. The highest BCUT2D eigenvalue weighted by atomic mass is 16.5. The van der Waals surface area contributed by atoms with Crippen LogP contribution < -0.4 is 10.2 Å². The van der Waals surface area contributed by atoms with E-state index in [-0.39, 0.29) is 0 Å². The average Bonchev–Trinajstić information content (AvgIpc) is 3.00. The molecule has 26 heavy (non-hydrogen) atoms. The van der Waals surface area contributed by atoms with Gasteiger partial charge in [-0.2, -0.15) is 5.10 Å². The van der Waals surface area contributed by atoms with Crippen LogP contribution in [-0.4, -0.2) is 23.1 Å². The lowest BCUT2D eigenvalue weighted by Gasteiger charge is -2.08. The van der Waals surface area contributed by atoms with Gasteiger partial charge in [0.25, 0.3) is 0 Å². The van der Waals surface area contributed by atoms with Crippen LogP contribution in [0.5, 0.6) is 5.75 Å². The third-order valence-electron chi connectivity index (χ3n) is 3.97. The molecule has 0 unspecified atom stereocenters. The van der Waals surface area contributed by atoms with Crippen molar-refractivity contribution in [3.8, 4) is 5.75 Å². The second-order valence-electron chi connectivity index (χ2n) is 5.79. The summed E-state index contributed by atoms with van der Waals surface area (Å²) in [5, 5.41) is 4.57. The molecule has 3 heterocycles. The van der Waals surface area contributed by atoms with Gasteiger partial charge in [0, 0.05) is 23.5 Å². The van der Waals surface area contributed by atoms with Crippen LogP contribution in [0.3, 0.4) is 0 Å². The fraction of sp³-hybridized carbons (Fsp3) is 0.150. The van der Waals surface area contributed by atoms with Crippen molar-refractivity contribution < 1.29 is 9.15 Å². The van der Waals surface area contributed by atoms with Gasteiger partial charge in [-0.05, 0) is 56.3 Å². The molecule has 1 aliphatic rings. The number of rotatable bonds is 4. The summed E-state index contributed by atoms with van der Waals surface area (Å²) in [6.45, 7) is 4.46. The van der Waals surface area contributed by atoms with E-state index in [1.807, 2.05) is 56.3 Å². The highest BCUT2D eigenvalue weighted by molar-refractivity contribution is 6.16. The van der Waals surface area contributed by atoms with Crippen LogP contribution in [-0.2, 0) is 0 Å². The van der Waals surface area contributed by atoms with E-state index in [2.05, 4.69) is 15.5 Å². The van der Waals surface area contributed by atoms with Crippen molar-refractivity contribution in [1.29, 1.82) is 0 Å². The first-order valence-electron chi connectivity index (χ1n) is 8.41. The Morgan fingerprint density at radius 2 is 1.92 bits per heavy atom. The van der Waals surface area contributed by atoms with Gasteiger partial charge in [-0.1, -0.05) is 0 Å². The minimum Gasteiger partial charge on any atom is -0.494 e. The van der Waals surface area contributed by atoms with Gasteiger partial charge in [0.15, 0.2) is 11.6 Å². The minimum absolute atomic E-state index is 0.592. The maximum Gasteiger partial charge on any atom is 0.155 e. The van der Waals surface area contributed by atoms with Gasteiger partial charge in [0.1, 0.15) is 17.2 Å². The number of nitrogens with zero attached hydrogens (tertiary/aromatic N) is 3. The Morgan fingerprint density at radius 3 is 2.65 bits per heavy atom. The van der Waals surface area contributed by atoms with E-state index in [9.17, 15) is 0 Å². The molecule has 1 N–H and O–H groups in total. The van der Waals surface area contributed by atoms with Gasteiger partial charge in [-0.25, -0.2) is 4.99 Å². The predicted molar refractivity (Wildman–Crippen MR) is 100 cm³/mol. The van der Waals surface area contributed by atoms with E-state index in [0.717, 1.165) is 28.3 Å². The SMILES string of the molecule is CCOc1ccc2c(c1)C(c1ccc(C)o1)=NNC(c1ccncc1)=N2. The molecule has 0 aliphatic carbocycles. The van der Waals surface area contributed by atoms with E-state index in [1.165, 1.54) is 0 Å². The molecule has 1 aliphatic heterocycles. The molecule has 3 aromatic rings. The lowest BCUT2D eigenvalue weighted by Crippen LogP contribution is -2.19. The molecule has 0 fully saturated rings. The van der Waals surface area contributed by atoms with Crippen molar-refractivity contribution in [2.45, 2.75) is 13.8 Å². The number of ether oxygens (including phenoxy) is 1. The summed E-state index contributed by atoms with van der Waals surface area (Å²) < 4.78 is 11.5. The number of hydrogen-bond donors (Lipinski definition) is 1. The summed E-state index contributed by atoms with van der Waals surface area (Å²) >= 11 is 0. The first-order chi connectivity index (χ1) is 12.7. The van der Waals surface area contributed by atoms with Crippen molar-refractivity contribution in [3.05, 3.63) is 77.5 Å². The molecule has 130 valence electrons. The molecule has 0 atom stereocenters. The van der Waals surface area contributed by atoms with E-state index < -0.39 is 0 Å². The van der Waals surface area contributed by atoms with E-state index in [1.54, 1.807) is 12.4 Å².